The Morgan fingerprint density at radius 2 is 1.82 bits per heavy atom. The van der Waals surface area contributed by atoms with Gasteiger partial charge in [-0.05, 0) is 44.4 Å². The molecular formula is C19H37ClO2. The van der Waals surface area contributed by atoms with Gasteiger partial charge in [0.2, 0.25) is 0 Å². The molecule has 0 N–H and O–H groups in total. The Morgan fingerprint density at radius 1 is 1.09 bits per heavy atom. The molecule has 0 saturated heterocycles. The minimum atomic E-state index is 0.201. The SMILES string of the molecule is CCOCC(COC)(C(C)CCCCCCl)C1CCCCC1. The molecule has 1 rings (SSSR count). The summed E-state index contributed by atoms with van der Waals surface area (Å²) in [6.45, 7) is 7.03. The van der Waals surface area contributed by atoms with Crippen LogP contribution in [0.4, 0.5) is 0 Å². The third kappa shape index (κ3) is 6.02. The van der Waals surface area contributed by atoms with E-state index in [2.05, 4.69) is 13.8 Å². The van der Waals surface area contributed by atoms with E-state index in [1.165, 1.54) is 51.4 Å². The van der Waals surface area contributed by atoms with Crippen LogP contribution in [0.25, 0.3) is 0 Å². The molecule has 0 bridgehead atoms. The van der Waals surface area contributed by atoms with Crippen LogP contribution >= 0.6 is 11.6 Å². The molecule has 0 radical (unpaired) electrons. The zero-order valence-electron chi connectivity index (χ0n) is 15.0. The molecule has 22 heavy (non-hydrogen) atoms. The van der Waals surface area contributed by atoms with E-state index < -0.39 is 0 Å². The summed E-state index contributed by atoms with van der Waals surface area (Å²) in [5.41, 5.74) is 0.201. The maximum Gasteiger partial charge on any atom is 0.0549 e. The maximum absolute atomic E-state index is 5.95. The number of hydrogen-bond donors (Lipinski definition) is 0. The highest BCUT2D eigenvalue weighted by atomic mass is 35.5. The van der Waals surface area contributed by atoms with Gasteiger partial charge in [0.1, 0.15) is 0 Å². The first-order chi connectivity index (χ1) is 10.7. The van der Waals surface area contributed by atoms with Crippen LogP contribution in [0.2, 0.25) is 0 Å². The average Bonchev–Trinajstić information content (AvgIpc) is 2.56. The number of halogens is 1. The Kier molecular flexibility index (Phi) is 10.8. The van der Waals surface area contributed by atoms with E-state index in [4.69, 9.17) is 21.1 Å². The average molecular weight is 333 g/mol. The highest BCUT2D eigenvalue weighted by Gasteiger charge is 2.43. The van der Waals surface area contributed by atoms with Crippen LogP contribution in [-0.4, -0.2) is 32.8 Å². The molecule has 0 amide bonds. The molecular weight excluding hydrogens is 296 g/mol. The third-order valence-corrected chi connectivity index (χ3v) is 5.93. The lowest BCUT2D eigenvalue weighted by molar-refractivity contribution is -0.0860. The van der Waals surface area contributed by atoms with Gasteiger partial charge in [-0.15, -0.1) is 11.6 Å². The van der Waals surface area contributed by atoms with Crippen molar-refractivity contribution in [3.8, 4) is 0 Å². The van der Waals surface area contributed by atoms with Crippen LogP contribution in [0.5, 0.6) is 0 Å². The quantitative estimate of drug-likeness (QED) is 0.338. The number of hydrogen-bond acceptors (Lipinski definition) is 2. The van der Waals surface area contributed by atoms with Gasteiger partial charge in [0.05, 0.1) is 13.2 Å². The molecule has 3 heteroatoms. The second kappa shape index (κ2) is 11.7. The zero-order chi connectivity index (χ0) is 16.3. The van der Waals surface area contributed by atoms with E-state index in [0.717, 1.165) is 38.0 Å². The predicted octanol–water partition coefficient (Wildman–Crippen LogP) is 5.67. The van der Waals surface area contributed by atoms with Crippen molar-refractivity contribution in [2.45, 2.75) is 71.6 Å². The van der Waals surface area contributed by atoms with Crippen molar-refractivity contribution in [3.05, 3.63) is 0 Å². The number of unbranched alkanes of at least 4 members (excludes halogenated alkanes) is 2. The van der Waals surface area contributed by atoms with E-state index in [1.807, 2.05) is 7.11 Å². The van der Waals surface area contributed by atoms with Crippen molar-refractivity contribution in [1.29, 1.82) is 0 Å². The van der Waals surface area contributed by atoms with Crippen molar-refractivity contribution in [2.75, 3.05) is 32.8 Å². The van der Waals surface area contributed by atoms with Gasteiger partial charge in [0.15, 0.2) is 0 Å². The standard InChI is InChI=1S/C19H37ClO2/c1-4-22-16-19(15-21-3,18-12-8-5-9-13-18)17(2)11-7-6-10-14-20/h17-18H,4-16H2,1-3H3. The van der Waals surface area contributed by atoms with Crippen LogP contribution < -0.4 is 0 Å². The fraction of sp³-hybridized carbons (Fsp3) is 1.00. The monoisotopic (exact) mass is 332 g/mol. The molecule has 0 aromatic carbocycles. The van der Waals surface area contributed by atoms with Gasteiger partial charge < -0.3 is 9.47 Å². The topological polar surface area (TPSA) is 18.5 Å². The van der Waals surface area contributed by atoms with Crippen molar-refractivity contribution < 1.29 is 9.47 Å². The first-order valence-electron chi connectivity index (χ1n) is 9.34. The molecule has 0 aromatic heterocycles. The lowest BCUT2D eigenvalue weighted by Gasteiger charge is -2.46. The van der Waals surface area contributed by atoms with Gasteiger partial charge in [-0.1, -0.05) is 39.0 Å². The maximum atomic E-state index is 5.95. The van der Waals surface area contributed by atoms with E-state index in [9.17, 15) is 0 Å². The summed E-state index contributed by atoms with van der Waals surface area (Å²) in [4.78, 5) is 0. The summed E-state index contributed by atoms with van der Waals surface area (Å²) in [5, 5.41) is 0. The molecule has 1 saturated carbocycles. The van der Waals surface area contributed by atoms with E-state index in [0.29, 0.717) is 5.92 Å². The molecule has 0 aliphatic heterocycles. The highest BCUT2D eigenvalue weighted by Crippen LogP contribution is 2.46. The number of methoxy groups -OCH3 is 1. The Bertz CT molecular complexity index is 266. The van der Waals surface area contributed by atoms with Crippen LogP contribution in [0, 0.1) is 17.3 Å². The summed E-state index contributed by atoms with van der Waals surface area (Å²) in [6, 6.07) is 0. The Labute approximate surface area is 143 Å². The second-order valence-electron chi connectivity index (χ2n) is 7.08. The van der Waals surface area contributed by atoms with Crippen LogP contribution in [0.3, 0.4) is 0 Å². The summed E-state index contributed by atoms with van der Waals surface area (Å²) in [7, 11) is 1.85. The van der Waals surface area contributed by atoms with Gasteiger partial charge in [-0.2, -0.15) is 0 Å². The van der Waals surface area contributed by atoms with E-state index >= 15 is 0 Å². The van der Waals surface area contributed by atoms with Gasteiger partial charge in [0.25, 0.3) is 0 Å². The number of alkyl halides is 1. The van der Waals surface area contributed by atoms with E-state index in [1.54, 1.807) is 0 Å². The summed E-state index contributed by atoms with van der Waals surface area (Å²) < 4.78 is 11.7. The van der Waals surface area contributed by atoms with Gasteiger partial charge in [-0.25, -0.2) is 0 Å². The lowest BCUT2D eigenvalue weighted by Crippen LogP contribution is -2.46. The number of rotatable bonds is 12. The van der Waals surface area contributed by atoms with Crippen LogP contribution in [0.1, 0.15) is 71.6 Å². The molecule has 132 valence electrons. The van der Waals surface area contributed by atoms with E-state index in [-0.39, 0.29) is 5.41 Å². The summed E-state index contributed by atoms with van der Waals surface area (Å²) in [5.74, 6) is 2.20. The van der Waals surface area contributed by atoms with Crippen molar-refractivity contribution in [3.63, 3.8) is 0 Å². The molecule has 1 aliphatic rings. The fourth-order valence-corrected chi connectivity index (χ4v) is 4.40. The normalized spacial score (nSPS) is 20.7. The minimum Gasteiger partial charge on any atom is -0.384 e. The Morgan fingerprint density at radius 3 is 2.41 bits per heavy atom. The molecule has 2 nitrogen and oxygen atoms in total. The minimum absolute atomic E-state index is 0.201. The Balaban J connectivity index is 2.75. The fourth-order valence-electron chi connectivity index (χ4n) is 4.21. The van der Waals surface area contributed by atoms with Crippen LogP contribution in [0.15, 0.2) is 0 Å². The molecule has 2 atom stereocenters. The van der Waals surface area contributed by atoms with Gasteiger partial charge in [-0.3, -0.25) is 0 Å². The second-order valence-corrected chi connectivity index (χ2v) is 7.46. The summed E-state index contributed by atoms with van der Waals surface area (Å²) >= 11 is 5.81. The van der Waals surface area contributed by atoms with Crippen molar-refractivity contribution in [2.24, 2.45) is 17.3 Å². The van der Waals surface area contributed by atoms with Crippen molar-refractivity contribution in [1.82, 2.24) is 0 Å². The molecule has 0 spiro atoms. The molecule has 1 fully saturated rings. The van der Waals surface area contributed by atoms with Gasteiger partial charge in [0, 0.05) is 25.0 Å². The molecule has 2 unspecified atom stereocenters. The Hall–Kier alpha value is 0.210. The molecule has 0 heterocycles. The lowest BCUT2D eigenvalue weighted by atomic mass is 9.62. The number of ether oxygens (including phenoxy) is 2. The van der Waals surface area contributed by atoms with Gasteiger partial charge >= 0.3 is 0 Å². The summed E-state index contributed by atoms with van der Waals surface area (Å²) in [6.07, 6.45) is 11.8. The molecule has 1 aliphatic carbocycles. The smallest absolute Gasteiger partial charge is 0.0549 e. The highest BCUT2D eigenvalue weighted by molar-refractivity contribution is 6.17. The largest absolute Gasteiger partial charge is 0.384 e. The van der Waals surface area contributed by atoms with Crippen molar-refractivity contribution >= 4 is 11.6 Å². The molecule has 0 aromatic rings. The van der Waals surface area contributed by atoms with Crippen LogP contribution in [-0.2, 0) is 9.47 Å². The first kappa shape index (κ1) is 20.3. The third-order valence-electron chi connectivity index (χ3n) is 5.66. The zero-order valence-corrected chi connectivity index (χ0v) is 15.8. The first-order valence-corrected chi connectivity index (χ1v) is 9.87. The predicted molar refractivity (Wildman–Crippen MR) is 95.7 cm³/mol.